The maximum absolute atomic E-state index is 14.3. The molecule has 0 spiro atoms. The van der Waals surface area contributed by atoms with Crippen LogP contribution in [0.5, 0.6) is 0 Å². The van der Waals surface area contributed by atoms with Crippen LogP contribution in [0.1, 0.15) is 5.69 Å². The Labute approximate surface area is 132 Å². The lowest BCUT2D eigenvalue weighted by atomic mass is 10.2. The lowest BCUT2D eigenvalue weighted by Gasteiger charge is -2.07. The zero-order valence-corrected chi connectivity index (χ0v) is 13.0. The van der Waals surface area contributed by atoms with E-state index in [1.54, 1.807) is 30.3 Å². The molecule has 0 saturated carbocycles. The Morgan fingerprint density at radius 3 is 2.78 bits per heavy atom. The lowest BCUT2D eigenvalue weighted by Crippen LogP contribution is -2.07. The molecule has 0 atom stereocenters. The van der Waals surface area contributed by atoms with Crippen molar-refractivity contribution >= 4 is 28.9 Å². The number of aromatic nitrogens is 4. The Morgan fingerprint density at radius 1 is 1.30 bits per heavy atom. The van der Waals surface area contributed by atoms with Gasteiger partial charge >= 0.3 is 0 Å². The van der Waals surface area contributed by atoms with Gasteiger partial charge in [-0.2, -0.15) is 5.10 Å². The first-order valence-electron chi connectivity index (χ1n) is 6.93. The molecule has 23 heavy (non-hydrogen) atoms. The first kappa shape index (κ1) is 14.9. The minimum Gasteiger partial charge on any atom is -0.399 e. The molecule has 0 unspecified atom stereocenters. The molecule has 7 nitrogen and oxygen atoms in total. The summed E-state index contributed by atoms with van der Waals surface area (Å²) in [5, 5.41) is 4.38. The molecule has 118 valence electrons. The van der Waals surface area contributed by atoms with Crippen molar-refractivity contribution in [2.75, 3.05) is 19.8 Å². The fourth-order valence-electron chi connectivity index (χ4n) is 2.21. The molecule has 0 saturated heterocycles. The van der Waals surface area contributed by atoms with Crippen LogP contribution in [-0.2, 0) is 0 Å². The molecule has 8 heteroatoms. The fourth-order valence-corrected chi connectivity index (χ4v) is 2.21. The summed E-state index contributed by atoms with van der Waals surface area (Å²) >= 11 is 0. The number of hydrogen-bond acceptors (Lipinski definition) is 5. The van der Waals surface area contributed by atoms with Gasteiger partial charge in [0.15, 0.2) is 11.6 Å². The van der Waals surface area contributed by atoms with E-state index in [0.29, 0.717) is 28.2 Å². The largest absolute Gasteiger partial charge is 0.399 e. The van der Waals surface area contributed by atoms with Gasteiger partial charge in [0, 0.05) is 19.8 Å². The second kappa shape index (κ2) is 5.64. The Kier molecular flexibility index (Phi) is 3.65. The summed E-state index contributed by atoms with van der Waals surface area (Å²) in [4.78, 5) is 14.5. The minimum absolute atomic E-state index is 0.272. The van der Waals surface area contributed by atoms with Gasteiger partial charge in [-0.25, -0.2) is 24.0 Å². The molecule has 2 N–H and O–H groups in total. The topological polar surface area (TPSA) is 85.2 Å². The van der Waals surface area contributed by atoms with Crippen LogP contribution in [0, 0.1) is 12.7 Å². The van der Waals surface area contributed by atoms with Crippen LogP contribution in [0.25, 0.3) is 16.7 Å². The van der Waals surface area contributed by atoms with Gasteiger partial charge in [0.2, 0.25) is 0 Å². The van der Waals surface area contributed by atoms with Crippen molar-refractivity contribution in [1.29, 1.82) is 0 Å². The molecule has 3 aromatic rings. The van der Waals surface area contributed by atoms with E-state index in [1.165, 1.54) is 17.1 Å². The predicted molar refractivity (Wildman–Crippen MR) is 87.6 cm³/mol. The third-order valence-corrected chi connectivity index (χ3v) is 3.22. The van der Waals surface area contributed by atoms with Gasteiger partial charge in [-0.05, 0) is 25.1 Å². The SMILES string of the molecule is Cc1nn(-c2ccc(N)cc2F)c2c(N=CN(C)C)ncnc12. The number of nitrogens with two attached hydrogens (primary N) is 1. The lowest BCUT2D eigenvalue weighted by molar-refractivity contribution is 0.613. The van der Waals surface area contributed by atoms with Crippen LogP contribution >= 0.6 is 0 Å². The second-order valence-corrected chi connectivity index (χ2v) is 5.31. The summed E-state index contributed by atoms with van der Waals surface area (Å²) in [6.07, 6.45) is 3.04. The summed E-state index contributed by atoms with van der Waals surface area (Å²) in [6, 6.07) is 4.45. The quantitative estimate of drug-likeness (QED) is 0.454. The molecule has 0 bridgehead atoms. The van der Waals surface area contributed by atoms with E-state index in [4.69, 9.17) is 5.73 Å². The van der Waals surface area contributed by atoms with Crippen molar-refractivity contribution in [1.82, 2.24) is 24.6 Å². The second-order valence-electron chi connectivity index (χ2n) is 5.31. The zero-order chi connectivity index (χ0) is 16.6. The van der Waals surface area contributed by atoms with E-state index >= 15 is 0 Å². The van der Waals surface area contributed by atoms with Crippen LogP contribution in [-0.4, -0.2) is 45.1 Å². The number of aliphatic imine (C=N–C) groups is 1. The number of halogens is 1. The number of anilines is 1. The fraction of sp³-hybridized carbons (Fsp3) is 0.200. The molecule has 0 radical (unpaired) electrons. The van der Waals surface area contributed by atoms with E-state index in [-0.39, 0.29) is 5.69 Å². The third kappa shape index (κ3) is 2.70. The zero-order valence-electron chi connectivity index (χ0n) is 13.0. The predicted octanol–water partition coefficient (Wildman–Crippen LogP) is 2.07. The van der Waals surface area contributed by atoms with Crippen molar-refractivity contribution in [3.05, 3.63) is 36.0 Å². The van der Waals surface area contributed by atoms with Gasteiger partial charge in [-0.1, -0.05) is 0 Å². The molecule has 2 heterocycles. The van der Waals surface area contributed by atoms with E-state index in [1.807, 2.05) is 14.1 Å². The molecule has 0 aliphatic heterocycles. The summed E-state index contributed by atoms with van der Waals surface area (Å²) in [7, 11) is 3.70. The molecular formula is C15H16FN7. The highest BCUT2D eigenvalue weighted by Crippen LogP contribution is 2.28. The van der Waals surface area contributed by atoms with Gasteiger partial charge < -0.3 is 10.6 Å². The number of aryl methyl sites for hydroxylation is 1. The Morgan fingerprint density at radius 2 is 2.09 bits per heavy atom. The van der Waals surface area contributed by atoms with Gasteiger partial charge in [-0.3, -0.25) is 0 Å². The van der Waals surface area contributed by atoms with Crippen molar-refractivity contribution in [3.63, 3.8) is 0 Å². The summed E-state index contributed by atoms with van der Waals surface area (Å²) in [6.45, 7) is 1.81. The van der Waals surface area contributed by atoms with Crippen LogP contribution in [0.15, 0.2) is 29.5 Å². The molecule has 0 amide bonds. The standard InChI is InChI=1S/C15H16FN7/c1-9-13-14(15(19-7-18-13)20-8-22(2)3)23(21-9)12-5-4-10(17)6-11(12)16/h4-8H,17H2,1-3H3. The van der Waals surface area contributed by atoms with Crippen LogP contribution in [0.4, 0.5) is 15.9 Å². The number of hydrogen-bond donors (Lipinski definition) is 1. The monoisotopic (exact) mass is 313 g/mol. The molecule has 1 aromatic carbocycles. The van der Waals surface area contributed by atoms with Crippen molar-refractivity contribution in [3.8, 4) is 5.69 Å². The molecule has 0 aliphatic rings. The van der Waals surface area contributed by atoms with Gasteiger partial charge in [0.25, 0.3) is 0 Å². The number of benzene rings is 1. The van der Waals surface area contributed by atoms with E-state index < -0.39 is 5.82 Å². The van der Waals surface area contributed by atoms with E-state index in [9.17, 15) is 4.39 Å². The number of fused-ring (bicyclic) bond motifs is 1. The molecule has 0 aliphatic carbocycles. The average Bonchev–Trinajstić information content (AvgIpc) is 2.83. The van der Waals surface area contributed by atoms with Gasteiger partial charge in [0.05, 0.1) is 12.0 Å². The van der Waals surface area contributed by atoms with Crippen LogP contribution in [0.3, 0.4) is 0 Å². The van der Waals surface area contributed by atoms with Crippen molar-refractivity contribution in [2.45, 2.75) is 6.92 Å². The first-order chi connectivity index (χ1) is 11.0. The highest BCUT2D eigenvalue weighted by Gasteiger charge is 2.17. The van der Waals surface area contributed by atoms with Crippen molar-refractivity contribution < 1.29 is 4.39 Å². The number of rotatable bonds is 3. The Hall–Kier alpha value is -3.03. The highest BCUT2D eigenvalue weighted by molar-refractivity contribution is 5.88. The maximum atomic E-state index is 14.3. The van der Waals surface area contributed by atoms with Crippen molar-refractivity contribution in [2.24, 2.45) is 4.99 Å². The summed E-state index contributed by atoms with van der Waals surface area (Å²) in [5.74, 6) is -0.0543. The van der Waals surface area contributed by atoms with Gasteiger partial charge in [0.1, 0.15) is 23.0 Å². The normalized spacial score (nSPS) is 11.5. The maximum Gasteiger partial charge on any atom is 0.183 e. The summed E-state index contributed by atoms with van der Waals surface area (Å²) in [5.41, 5.74) is 8.07. The average molecular weight is 313 g/mol. The minimum atomic E-state index is -0.471. The van der Waals surface area contributed by atoms with Gasteiger partial charge in [-0.15, -0.1) is 0 Å². The third-order valence-electron chi connectivity index (χ3n) is 3.22. The molecular weight excluding hydrogens is 297 g/mol. The smallest absolute Gasteiger partial charge is 0.183 e. The number of nitrogens with zero attached hydrogens (tertiary/aromatic N) is 6. The molecule has 3 rings (SSSR count). The van der Waals surface area contributed by atoms with E-state index in [2.05, 4.69) is 20.1 Å². The number of nitrogen functional groups attached to an aromatic ring is 1. The summed E-state index contributed by atoms with van der Waals surface area (Å²) < 4.78 is 15.8. The first-order valence-corrected chi connectivity index (χ1v) is 6.93. The Bertz CT molecular complexity index is 898. The van der Waals surface area contributed by atoms with E-state index in [0.717, 1.165) is 0 Å². The Balaban J connectivity index is 2.29. The molecule has 0 fully saturated rings. The highest BCUT2D eigenvalue weighted by atomic mass is 19.1. The molecule has 2 aromatic heterocycles. The van der Waals surface area contributed by atoms with Crippen LogP contribution in [0.2, 0.25) is 0 Å². The van der Waals surface area contributed by atoms with Crippen LogP contribution < -0.4 is 5.73 Å².